The summed E-state index contributed by atoms with van der Waals surface area (Å²) >= 11 is 5.13. The maximum absolute atomic E-state index is 11.9. The molecule has 0 aliphatic rings. The molecule has 0 spiro atoms. The van der Waals surface area contributed by atoms with Crippen LogP contribution in [0.1, 0.15) is 12.0 Å². The van der Waals surface area contributed by atoms with Gasteiger partial charge in [0.05, 0.1) is 12.0 Å². The number of carbonyl (C=O) groups excluding carboxylic acids is 1. The smallest absolute Gasteiger partial charge is 0.240 e. The van der Waals surface area contributed by atoms with Crippen LogP contribution in [0.25, 0.3) is 0 Å². The van der Waals surface area contributed by atoms with Crippen molar-refractivity contribution in [2.75, 3.05) is 13.7 Å². The number of hydrogen-bond acceptors (Lipinski definition) is 4. The third kappa shape index (κ3) is 3.97. The molecule has 1 aromatic rings. The first-order valence-electron chi connectivity index (χ1n) is 5.19. The Morgan fingerprint density at radius 3 is 2.61 bits per heavy atom. The van der Waals surface area contributed by atoms with Crippen molar-refractivity contribution in [3.8, 4) is 5.75 Å². The Hall–Kier alpha value is -1.11. The topological polar surface area (TPSA) is 72.5 Å². The first kappa shape index (κ1) is 14.9. The van der Waals surface area contributed by atoms with Crippen LogP contribution in [0.3, 0.4) is 0 Å². The van der Waals surface area contributed by atoms with Gasteiger partial charge in [-0.25, -0.2) is 13.1 Å². The molecule has 0 unspecified atom stereocenters. The monoisotopic (exact) mass is 291 g/mol. The fourth-order valence-electron chi connectivity index (χ4n) is 1.41. The molecule has 0 amide bonds. The quantitative estimate of drug-likeness (QED) is 0.805. The summed E-state index contributed by atoms with van der Waals surface area (Å²) in [5.74, 6) is 0.586. The molecule has 7 heteroatoms. The van der Waals surface area contributed by atoms with Gasteiger partial charge in [-0.15, -0.1) is 0 Å². The van der Waals surface area contributed by atoms with Gasteiger partial charge in [-0.1, -0.05) is 0 Å². The van der Waals surface area contributed by atoms with Gasteiger partial charge in [0, 0.05) is 13.0 Å². The molecule has 100 valence electrons. The predicted molar refractivity (Wildman–Crippen MR) is 68.4 cm³/mol. The van der Waals surface area contributed by atoms with Gasteiger partial charge in [-0.05, 0) is 42.3 Å². The molecule has 0 bridgehead atoms. The highest BCUT2D eigenvalue weighted by Crippen LogP contribution is 2.20. The molecule has 5 nitrogen and oxygen atoms in total. The van der Waals surface area contributed by atoms with Gasteiger partial charge in [0.1, 0.15) is 5.75 Å². The molecule has 0 atom stereocenters. The van der Waals surface area contributed by atoms with Crippen molar-refractivity contribution in [2.24, 2.45) is 0 Å². The van der Waals surface area contributed by atoms with E-state index in [-0.39, 0.29) is 17.9 Å². The number of carbonyl (C=O) groups is 1. The highest BCUT2D eigenvalue weighted by atomic mass is 35.5. The van der Waals surface area contributed by atoms with Crippen molar-refractivity contribution in [3.05, 3.63) is 23.8 Å². The van der Waals surface area contributed by atoms with Crippen molar-refractivity contribution in [1.29, 1.82) is 0 Å². The molecule has 0 fully saturated rings. The Kier molecular flexibility index (Phi) is 5.13. The first-order chi connectivity index (χ1) is 8.36. The zero-order valence-electron chi connectivity index (χ0n) is 10.1. The standard InChI is InChI=1S/C11H14ClNO4S/c1-8-7-9(17-2)3-4-10(8)18(15,16)13-6-5-11(12)14/h3-4,7,13H,5-6H2,1-2H3. The molecule has 0 heterocycles. The van der Waals surface area contributed by atoms with E-state index in [0.717, 1.165) is 0 Å². The Morgan fingerprint density at radius 1 is 1.44 bits per heavy atom. The van der Waals surface area contributed by atoms with Gasteiger partial charge in [0.15, 0.2) is 0 Å². The van der Waals surface area contributed by atoms with Gasteiger partial charge in [0.2, 0.25) is 15.3 Å². The molecule has 1 aromatic carbocycles. The summed E-state index contributed by atoms with van der Waals surface area (Å²) in [7, 11) is -2.12. The van der Waals surface area contributed by atoms with E-state index >= 15 is 0 Å². The minimum Gasteiger partial charge on any atom is -0.497 e. The first-order valence-corrected chi connectivity index (χ1v) is 7.05. The van der Waals surface area contributed by atoms with E-state index in [9.17, 15) is 13.2 Å². The van der Waals surface area contributed by atoms with Crippen LogP contribution in [0.5, 0.6) is 5.75 Å². The van der Waals surface area contributed by atoms with Crippen molar-refractivity contribution in [1.82, 2.24) is 4.72 Å². The number of hydrogen-bond donors (Lipinski definition) is 1. The Bertz CT molecular complexity index is 542. The zero-order chi connectivity index (χ0) is 13.8. The number of aryl methyl sites for hydroxylation is 1. The van der Waals surface area contributed by atoms with Gasteiger partial charge in [0.25, 0.3) is 0 Å². The number of ether oxygens (including phenoxy) is 1. The predicted octanol–water partition coefficient (Wildman–Crippen LogP) is 1.44. The molecule has 0 saturated heterocycles. The fourth-order valence-corrected chi connectivity index (χ4v) is 2.76. The second-order valence-corrected chi connectivity index (χ2v) is 5.79. The lowest BCUT2D eigenvalue weighted by atomic mass is 10.2. The van der Waals surface area contributed by atoms with Crippen molar-refractivity contribution >= 4 is 26.9 Å². The summed E-state index contributed by atoms with van der Waals surface area (Å²) in [6.45, 7) is 1.65. The molecule has 1 N–H and O–H groups in total. The molecule has 0 aliphatic heterocycles. The average molecular weight is 292 g/mol. The van der Waals surface area contributed by atoms with Gasteiger partial charge < -0.3 is 4.74 Å². The summed E-state index contributed by atoms with van der Waals surface area (Å²) in [5, 5.41) is -0.579. The average Bonchev–Trinajstić information content (AvgIpc) is 2.27. The zero-order valence-corrected chi connectivity index (χ0v) is 11.6. The third-order valence-corrected chi connectivity index (χ3v) is 4.10. The van der Waals surface area contributed by atoms with E-state index in [1.165, 1.54) is 13.2 Å². The van der Waals surface area contributed by atoms with E-state index in [2.05, 4.69) is 4.72 Å². The third-order valence-electron chi connectivity index (χ3n) is 2.29. The lowest BCUT2D eigenvalue weighted by Gasteiger charge is -2.09. The summed E-state index contributed by atoms with van der Waals surface area (Å²) < 4.78 is 31.2. The van der Waals surface area contributed by atoms with Crippen LogP contribution in [0.15, 0.2) is 23.1 Å². The van der Waals surface area contributed by atoms with E-state index in [0.29, 0.717) is 11.3 Å². The second-order valence-electron chi connectivity index (χ2n) is 3.63. The number of sulfonamides is 1. The van der Waals surface area contributed by atoms with E-state index in [1.807, 2.05) is 0 Å². The molecular weight excluding hydrogens is 278 g/mol. The maximum Gasteiger partial charge on any atom is 0.240 e. The Labute approximate surface area is 111 Å². The maximum atomic E-state index is 11.9. The lowest BCUT2D eigenvalue weighted by molar-refractivity contribution is -0.111. The second kappa shape index (κ2) is 6.17. The summed E-state index contributed by atoms with van der Waals surface area (Å²) in [6, 6.07) is 4.65. The molecule has 0 saturated carbocycles. The van der Waals surface area contributed by atoms with Crippen LogP contribution < -0.4 is 9.46 Å². The molecular formula is C11H14ClNO4S. The SMILES string of the molecule is COc1ccc(S(=O)(=O)NCCC(=O)Cl)c(C)c1. The fraction of sp³-hybridized carbons (Fsp3) is 0.364. The van der Waals surface area contributed by atoms with E-state index in [1.54, 1.807) is 19.1 Å². The van der Waals surface area contributed by atoms with Crippen LogP contribution >= 0.6 is 11.6 Å². The summed E-state index contributed by atoms with van der Waals surface area (Å²) in [5.41, 5.74) is 0.569. The van der Waals surface area contributed by atoms with Crippen molar-refractivity contribution in [2.45, 2.75) is 18.2 Å². The van der Waals surface area contributed by atoms with Crippen LogP contribution in [-0.2, 0) is 14.8 Å². The molecule has 1 rings (SSSR count). The Morgan fingerprint density at radius 2 is 2.11 bits per heavy atom. The number of nitrogens with one attached hydrogen (secondary N) is 1. The molecule has 18 heavy (non-hydrogen) atoms. The minimum atomic E-state index is -3.63. The van der Waals surface area contributed by atoms with Gasteiger partial charge in [-0.3, -0.25) is 4.79 Å². The Balaban J connectivity index is 2.88. The number of methoxy groups -OCH3 is 1. The van der Waals surface area contributed by atoms with Crippen LogP contribution in [0, 0.1) is 6.92 Å². The van der Waals surface area contributed by atoms with Crippen LogP contribution in [0.2, 0.25) is 0 Å². The van der Waals surface area contributed by atoms with Gasteiger partial charge in [-0.2, -0.15) is 0 Å². The molecule has 0 aromatic heterocycles. The van der Waals surface area contributed by atoms with Gasteiger partial charge >= 0.3 is 0 Å². The normalized spacial score (nSPS) is 11.3. The lowest BCUT2D eigenvalue weighted by Crippen LogP contribution is -2.26. The summed E-state index contributed by atoms with van der Waals surface area (Å²) in [4.78, 5) is 10.7. The number of halogens is 1. The number of benzene rings is 1. The van der Waals surface area contributed by atoms with Crippen molar-refractivity contribution in [3.63, 3.8) is 0 Å². The highest BCUT2D eigenvalue weighted by Gasteiger charge is 2.16. The minimum absolute atomic E-state index is 0.0177. The van der Waals surface area contributed by atoms with E-state index < -0.39 is 15.3 Å². The molecule has 0 aliphatic carbocycles. The van der Waals surface area contributed by atoms with Crippen LogP contribution in [-0.4, -0.2) is 27.3 Å². The van der Waals surface area contributed by atoms with E-state index in [4.69, 9.17) is 16.3 Å². The van der Waals surface area contributed by atoms with Crippen molar-refractivity contribution < 1.29 is 17.9 Å². The highest BCUT2D eigenvalue weighted by molar-refractivity contribution is 7.89. The number of rotatable bonds is 6. The molecule has 0 radical (unpaired) electrons. The summed E-state index contributed by atoms with van der Waals surface area (Å²) in [6.07, 6.45) is -0.0456. The van der Waals surface area contributed by atoms with Crippen LogP contribution in [0.4, 0.5) is 0 Å². The largest absolute Gasteiger partial charge is 0.497 e.